The molecule has 0 aliphatic carbocycles. The molecule has 148 valence electrons. The van der Waals surface area contributed by atoms with Gasteiger partial charge in [-0.2, -0.15) is 25.3 Å². The number of Topliss-reactive ketones (excluding diaryl/α,β-unsaturated/α-hetero) is 1. The second kappa shape index (κ2) is 20.0. The van der Waals surface area contributed by atoms with E-state index in [1.807, 2.05) is 0 Å². The molecule has 25 heavy (non-hydrogen) atoms. The van der Waals surface area contributed by atoms with Gasteiger partial charge in [-0.25, -0.2) is 0 Å². The van der Waals surface area contributed by atoms with Crippen LogP contribution in [-0.4, -0.2) is 82.7 Å². The van der Waals surface area contributed by atoms with Crippen LogP contribution in [0, 0.1) is 0 Å². The fourth-order valence-corrected chi connectivity index (χ4v) is 2.01. The van der Waals surface area contributed by atoms with E-state index < -0.39 is 0 Å². The van der Waals surface area contributed by atoms with Crippen molar-refractivity contribution in [2.75, 3.05) is 71.0 Å². The van der Waals surface area contributed by atoms with Crippen molar-refractivity contribution < 1.29 is 33.3 Å². The predicted octanol–water partition coefficient (Wildman–Crippen LogP) is 1.19. The molecule has 0 saturated carbocycles. The molecule has 7 nitrogen and oxygen atoms in total. The SMILES string of the molecule is O=C(CCS)CCOCCOCCOCCOCCOC(=O)CCS. The van der Waals surface area contributed by atoms with Gasteiger partial charge in [-0.1, -0.05) is 0 Å². The highest BCUT2D eigenvalue weighted by atomic mass is 32.1. The predicted molar refractivity (Wildman–Crippen MR) is 101 cm³/mol. The van der Waals surface area contributed by atoms with Crippen molar-refractivity contribution in [1.29, 1.82) is 0 Å². The van der Waals surface area contributed by atoms with Crippen LogP contribution < -0.4 is 0 Å². The molecule has 0 fully saturated rings. The summed E-state index contributed by atoms with van der Waals surface area (Å²) in [5.74, 6) is 0.969. The van der Waals surface area contributed by atoms with Gasteiger partial charge in [0.15, 0.2) is 0 Å². The average Bonchev–Trinajstić information content (AvgIpc) is 2.58. The molecule has 0 saturated heterocycles. The molecule has 0 aromatic carbocycles. The zero-order chi connectivity index (χ0) is 18.6. The average molecular weight is 399 g/mol. The van der Waals surface area contributed by atoms with Gasteiger partial charge in [0.2, 0.25) is 0 Å². The number of esters is 1. The third-order valence-electron chi connectivity index (χ3n) is 2.84. The highest BCUT2D eigenvalue weighted by Gasteiger charge is 2.01. The molecule has 0 rings (SSSR count). The van der Waals surface area contributed by atoms with Gasteiger partial charge in [0.05, 0.1) is 59.3 Å². The molecule has 0 spiro atoms. The summed E-state index contributed by atoms with van der Waals surface area (Å²) >= 11 is 7.94. The second-order valence-corrected chi connectivity index (χ2v) is 5.80. The Morgan fingerprint density at radius 3 is 1.48 bits per heavy atom. The molecule has 0 aromatic heterocycles. The minimum absolute atomic E-state index is 0.169. The summed E-state index contributed by atoms with van der Waals surface area (Å²) in [7, 11) is 0. The summed E-state index contributed by atoms with van der Waals surface area (Å²) in [4.78, 5) is 22.2. The topological polar surface area (TPSA) is 80.3 Å². The van der Waals surface area contributed by atoms with Gasteiger partial charge < -0.3 is 23.7 Å². The first-order valence-electron chi connectivity index (χ1n) is 8.40. The van der Waals surface area contributed by atoms with E-state index in [0.717, 1.165) is 0 Å². The van der Waals surface area contributed by atoms with E-state index in [1.54, 1.807) is 0 Å². The Kier molecular flexibility index (Phi) is 19.7. The van der Waals surface area contributed by atoms with E-state index in [4.69, 9.17) is 23.7 Å². The highest BCUT2D eigenvalue weighted by Crippen LogP contribution is 1.93. The molecule has 0 aliphatic rings. The number of carbonyl (C=O) groups excluding carboxylic acids is 2. The number of ether oxygens (including phenoxy) is 5. The van der Waals surface area contributed by atoms with Crippen LogP contribution >= 0.6 is 25.3 Å². The van der Waals surface area contributed by atoms with Crippen molar-refractivity contribution in [2.45, 2.75) is 19.3 Å². The molecule has 0 atom stereocenters. The normalized spacial score (nSPS) is 10.8. The Balaban J connectivity index is 3.09. The van der Waals surface area contributed by atoms with E-state index in [1.165, 1.54) is 0 Å². The number of thiol groups is 2. The van der Waals surface area contributed by atoms with Gasteiger partial charge in [0.25, 0.3) is 0 Å². The Hall–Kier alpha value is -0.320. The lowest BCUT2D eigenvalue weighted by Crippen LogP contribution is -2.15. The molecule has 0 heterocycles. The first-order valence-corrected chi connectivity index (χ1v) is 9.67. The lowest BCUT2D eigenvalue weighted by molar-refractivity contribution is -0.144. The number of hydrogen-bond donors (Lipinski definition) is 2. The summed E-state index contributed by atoms with van der Waals surface area (Å²) in [6.45, 7) is 3.80. The van der Waals surface area contributed by atoms with Crippen LogP contribution in [0.25, 0.3) is 0 Å². The van der Waals surface area contributed by atoms with Crippen molar-refractivity contribution in [1.82, 2.24) is 0 Å². The first kappa shape index (κ1) is 24.7. The van der Waals surface area contributed by atoms with E-state index in [9.17, 15) is 9.59 Å². The molecular weight excluding hydrogens is 368 g/mol. The van der Waals surface area contributed by atoms with Crippen molar-refractivity contribution in [3.8, 4) is 0 Å². The van der Waals surface area contributed by atoms with Gasteiger partial charge in [0.1, 0.15) is 12.4 Å². The second-order valence-electron chi connectivity index (χ2n) is 4.91. The summed E-state index contributed by atoms with van der Waals surface area (Å²) < 4.78 is 26.1. The van der Waals surface area contributed by atoms with Crippen LogP contribution in [0.3, 0.4) is 0 Å². The maximum atomic E-state index is 11.2. The Labute approximate surface area is 160 Å². The monoisotopic (exact) mass is 398 g/mol. The van der Waals surface area contributed by atoms with Gasteiger partial charge >= 0.3 is 5.97 Å². The van der Waals surface area contributed by atoms with Gasteiger partial charge in [-0.3, -0.25) is 9.59 Å². The van der Waals surface area contributed by atoms with E-state index in [2.05, 4.69) is 25.3 Å². The summed E-state index contributed by atoms with van der Waals surface area (Å²) in [6, 6.07) is 0. The van der Waals surface area contributed by atoms with Crippen LogP contribution in [0.2, 0.25) is 0 Å². The maximum Gasteiger partial charge on any atom is 0.306 e. The molecule has 0 radical (unpaired) electrons. The molecular formula is C16H30O7S2. The molecule has 0 unspecified atom stereocenters. The van der Waals surface area contributed by atoms with Gasteiger partial charge in [0, 0.05) is 18.6 Å². The number of rotatable bonds is 19. The number of hydrogen-bond acceptors (Lipinski definition) is 9. The van der Waals surface area contributed by atoms with Gasteiger partial charge in [-0.15, -0.1) is 0 Å². The van der Waals surface area contributed by atoms with Crippen LogP contribution in [-0.2, 0) is 33.3 Å². The Bertz CT molecular complexity index is 300. The first-order chi connectivity index (χ1) is 12.2. The Morgan fingerprint density at radius 1 is 0.560 bits per heavy atom. The van der Waals surface area contributed by atoms with Crippen LogP contribution in [0.4, 0.5) is 0 Å². The largest absolute Gasteiger partial charge is 0.463 e. The molecule has 9 heteroatoms. The van der Waals surface area contributed by atoms with Gasteiger partial charge in [-0.05, 0) is 5.75 Å². The maximum absolute atomic E-state index is 11.2. The van der Waals surface area contributed by atoms with Crippen molar-refractivity contribution in [3.63, 3.8) is 0 Å². The molecule has 0 N–H and O–H groups in total. The fraction of sp³-hybridized carbons (Fsp3) is 0.875. The molecule has 0 bridgehead atoms. The molecule has 0 amide bonds. The van der Waals surface area contributed by atoms with Crippen molar-refractivity contribution in [2.24, 2.45) is 0 Å². The molecule has 0 aliphatic heterocycles. The zero-order valence-corrected chi connectivity index (χ0v) is 16.4. The lowest BCUT2D eigenvalue weighted by atomic mass is 10.2. The van der Waals surface area contributed by atoms with Crippen LogP contribution in [0.1, 0.15) is 19.3 Å². The highest BCUT2D eigenvalue weighted by molar-refractivity contribution is 7.80. The third-order valence-corrected chi connectivity index (χ3v) is 3.29. The summed E-state index contributed by atoms with van der Waals surface area (Å²) in [5.41, 5.74) is 0. The number of carbonyl (C=O) groups is 2. The quantitative estimate of drug-likeness (QED) is 0.192. The number of ketones is 1. The zero-order valence-electron chi connectivity index (χ0n) is 14.7. The third kappa shape index (κ3) is 19.8. The van der Waals surface area contributed by atoms with Crippen LogP contribution in [0.5, 0.6) is 0 Å². The lowest BCUT2D eigenvalue weighted by Gasteiger charge is -2.08. The smallest absolute Gasteiger partial charge is 0.306 e. The Morgan fingerprint density at radius 2 is 1.00 bits per heavy atom. The summed E-state index contributed by atoms with van der Waals surface area (Å²) in [5, 5.41) is 0. The summed E-state index contributed by atoms with van der Waals surface area (Å²) in [6.07, 6.45) is 1.23. The van der Waals surface area contributed by atoms with E-state index >= 15 is 0 Å². The van der Waals surface area contributed by atoms with Crippen LogP contribution in [0.15, 0.2) is 0 Å². The van der Waals surface area contributed by atoms with Crippen molar-refractivity contribution >= 4 is 37.0 Å². The van der Waals surface area contributed by atoms with E-state index in [-0.39, 0.29) is 18.4 Å². The standard InChI is InChI=1S/C16H30O7S2/c17-15(2-13-24)1-4-19-5-6-20-7-8-21-9-10-22-11-12-23-16(18)3-14-25/h24-25H,1-14H2. The fourth-order valence-electron chi connectivity index (χ4n) is 1.58. The van der Waals surface area contributed by atoms with Crippen molar-refractivity contribution in [3.05, 3.63) is 0 Å². The molecule has 0 aromatic rings. The van der Waals surface area contributed by atoms with E-state index in [0.29, 0.717) is 83.6 Å². The minimum atomic E-state index is -0.264. The minimum Gasteiger partial charge on any atom is -0.463 e.